The molecule has 112 valence electrons. The van der Waals surface area contributed by atoms with E-state index in [4.69, 9.17) is 4.74 Å². The van der Waals surface area contributed by atoms with Crippen LogP contribution in [0.3, 0.4) is 0 Å². The summed E-state index contributed by atoms with van der Waals surface area (Å²) in [6, 6.07) is 10.9. The zero-order chi connectivity index (χ0) is 15.1. The summed E-state index contributed by atoms with van der Waals surface area (Å²) in [6.07, 6.45) is 3.64. The molecule has 0 saturated carbocycles. The van der Waals surface area contributed by atoms with Gasteiger partial charge in [0, 0.05) is 11.1 Å². The van der Waals surface area contributed by atoms with Gasteiger partial charge in [0.1, 0.15) is 5.75 Å². The quantitative estimate of drug-likeness (QED) is 0.787. The van der Waals surface area contributed by atoms with Gasteiger partial charge in [0.05, 0.1) is 18.8 Å². The summed E-state index contributed by atoms with van der Waals surface area (Å²) in [7, 11) is 1.97. The van der Waals surface area contributed by atoms with Gasteiger partial charge in [0.2, 0.25) is 0 Å². The molecule has 0 fully saturated rings. The van der Waals surface area contributed by atoms with E-state index >= 15 is 0 Å². The summed E-state index contributed by atoms with van der Waals surface area (Å²) in [6.45, 7) is 4.80. The SMILES string of the molecule is CCOc1cncc(C(NC)c2ccc(SCC)cc2)c1. The van der Waals surface area contributed by atoms with Gasteiger partial charge in [-0.3, -0.25) is 4.98 Å². The fraction of sp³-hybridized carbons (Fsp3) is 0.353. The van der Waals surface area contributed by atoms with E-state index in [2.05, 4.69) is 41.5 Å². The smallest absolute Gasteiger partial charge is 0.137 e. The van der Waals surface area contributed by atoms with E-state index in [-0.39, 0.29) is 6.04 Å². The van der Waals surface area contributed by atoms with Crippen molar-refractivity contribution in [2.75, 3.05) is 19.4 Å². The third-order valence-corrected chi connectivity index (χ3v) is 4.09. The molecule has 0 spiro atoms. The summed E-state index contributed by atoms with van der Waals surface area (Å²) in [5.41, 5.74) is 2.34. The van der Waals surface area contributed by atoms with Crippen molar-refractivity contribution in [3.8, 4) is 5.75 Å². The standard InChI is InChI=1S/C17H22N2OS/c1-4-20-15-10-14(11-19-12-15)17(18-3)13-6-8-16(9-7-13)21-5-2/h6-12,17-18H,4-5H2,1-3H3. The van der Waals surface area contributed by atoms with Crippen LogP contribution < -0.4 is 10.1 Å². The predicted molar refractivity (Wildman–Crippen MR) is 89.1 cm³/mol. The molecule has 0 radical (unpaired) electrons. The van der Waals surface area contributed by atoms with E-state index in [0.717, 1.165) is 17.1 Å². The van der Waals surface area contributed by atoms with Gasteiger partial charge in [-0.25, -0.2) is 0 Å². The minimum absolute atomic E-state index is 0.124. The molecule has 1 aromatic heterocycles. The lowest BCUT2D eigenvalue weighted by Gasteiger charge is -2.18. The van der Waals surface area contributed by atoms with Crippen molar-refractivity contribution in [1.82, 2.24) is 10.3 Å². The Morgan fingerprint density at radius 2 is 1.90 bits per heavy atom. The topological polar surface area (TPSA) is 34.1 Å². The Balaban J connectivity index is 2.24. The van der Waals surface area contributed by atoms with Crippen LogP contribution in [-0.4, -0.2) is 24.4 Å². The van der Waals surface area contributed by atoms with Crippen LogP contribution in [0.5, 0.6) is 5.75 Å². The molecule has 0 saturated heterocycles. The average Bonchev–Trinajstić information content (AvgIpc) is 2.51. The molecule has 0 aliphatic carbocycles. The summed E-state index contributed by atoms with van der Waals surface area (Å²) in [5, 5.41) is 3.35. The van der Waals surface area contributed by atoms with E-state index in [9.17, 15) is 0 Å². The second-order valence-electron chi connectivity index (χ2n) is 4.61. The van der Waals surface area contributed by atoms with Gasteiger partial charge >= 0.3 is 0 Å². The molecule has 1 atom stereocenters. The van der Waals surface area contributed by atoms with Crippen molar-refractivity contribution in [1.29, 1.82) is 0 Å². The molecule has 1 heterocycles. The van der Waals surface area contributed by atoms with Crippen LogP contribution in [0.15, 0.2) is 47.6 Å². The Hall–Kier alpha value is -1.52. The molecule has 0 bridgehead atoms. The Morgan fingerprint density at radius 3 is 2.52 bits per heavy atom. The molecule has 0 aliphatic heterocycles. The van der Waals surface area contributed by atoms with Crippen molar-refractivity contribution >= 4 is 11.8 Å². The molecule has 0 amide bonds. The molecular weight excluding hydrogens is 280 g/mol. The largest absolute Gasteiger partial charge is 0.492 e. The number of pyridine rings is 1. The van der Waals surface area contributed by atoms with Crippen LogP contribution in [0.25, 0.3) is 0 Å². The first kappa shape index (κ1) is 15.9. The predicted octanol–water partition coefficient (Wildman–Crippen LogP) is 3.90. The third-order valence-electron chi connectivity index (χ3n) is 3.19. The van der Waals surface area contributed by atoms with E-state index < -0.39 is 0 Å². The van der Waals surface area contributed by atoms with Crippen LogP contribution in [-0.2, 0) is 0 Å². The van der Waals surface area contributed by atoms with Gasteiger partial charge in [-0.05, 0) is 49.1 Å². The summed E-state index contributed by atoms with van der Waals surface area (Å²) >= 11 is 1.86. The molecule has 0 aliphatic rings. The molecule has 21 heavy (non-hydrogen) atoms. The molecule has 3 nitrogen and oxygen atoms in total. The molecule has 4 heteroatoms. The fourth-order valence-corrected chi connectivity index (χ4v) is 2.95. The molecule has 2 aromatic rings. The molecular formula is C17H22N2OS. The number of hydrogen-bond donors (Lipinski definition) is 1. The van der Waals surface area contributed by atoms with Gasteiger partial charge in [-0.1, -0.05) is 19.1 Å². The van der Waals surface area contributed by atoms with Crippen molar-refractivity contribution in [2.24, 2.45) is 0 Å². The van der Waals surface area contributed by atoms with Crippen LogP contribution in [0.4, 0.5) is 0 Å². The zero-order valence-corrected chi connectivity index (χ0v) is 13.6. The molecule has 1 unspecified atom stereocenters. The normalized spacial score (nSPS) is 12.1. The number of hydrogen-bond acceptors (Lipinski definition) is 4. The highest BCUT2D eigenvalue weighted by Gasteiger charge is 2.13. The Bertz CT molecular complexity index is 557. The van der Waals surface area contributed by atoms with Crippen molar-refractivity contribution < 1.29 is 4.74 Å². The minimum Gasteiger partial charge on any atom is -0.492 e. The Labute approximate surface area is 131 Å². The van der Waals surface area contributed by atoms with E-state index in [0.29, 0.717) is 6.61 Å². The second-order valence-corrected chi connectivity index (χ2v) is 5.95. The van der Waals surface area contributed by atoms with Crippen LogP contribution in [0, 0.1) is 0 Å². The highest BCUT2D eigenvalue weighted by atomic mass is 32.2. The molecule has 1 aromatic carbocycles. The lowest BCUT2D eigenvalue weighted by Crippen LogP contribution is -2.17. The van der Waals surface area contributed by atoms with E-state index in [1.807, 2.05) is 38.0 Å². The highest BCUT2D eigenvalue weighted by molar-refractivity contribution is 7.99. The number of rotatable bonds is 7. The first-order valence-electron chi connectivity index (χ1n) is 7.26. The fourth-order valence-electron chi connectivity index (χ4n) is 2.29. The van der Waals surface area contributed by atoms with Gasteiger partial charge in [-0.2, -0.15) is 0 Å². The van der Waals surface area contributed by atoms with Crippen molar-refractivity contribution in [2.45, 2.75) is 24.8 Å². The maximum absolute atomic E-state index is 5.53. The summed E-state index contributed by atoms with van der Waals surface area (Å²) < 4.78 is 5.53. The number of thioether (sulfide) groups is 1. The Morgan fingerprint density at radius 1 is 1.14 bits per heavy atom. The Kier molecular flexibility index (Phi) is 6.08. The average molecular weight is 302 g/mol. The lowest BCUT2D eigenvalue weighted by molar-refractivity contribution is 0.338. The van der Waals surface area contributed by atoms with E-state index in [1.54, 1.807) is 6.20 Å². The second kappa shape index (κ2) is 8.05. The van der Waals surface area contributed by atoms with Crippen LogP contribution >= 0.6 is 11.8 Å². The molecule has 1 N–H and O–H groups in total. The van der Waals surface area contributed by atoms with Crippen LogP contribution in [0.1, 0.15) is 31.0 Å². The maximum Gasteiger partial charge on any atom is 0.137 e. The van der Waals surface area contributed by atoms with Crippen molar-refractivity contribution in [3.05, 3.63) is 53.9 Å². The lowest BCUT2D eigenvalue weighted by atomic mass is 10.0. The zero-order valence-electron chi connectivity index (χ0n) is 12.8. The first-order valence-corrected chi connectivity index (χ1v) is 8.24. The molecule has 2 rings (SSSR count). The summed E-state index contributed by atoms with van der Waals surface area (Å²) in [4.78, 5) is 5.58. The van der Waals surface area contributed by atoms with Crippen LogP contribution in [0.2, 0.25) is 0 Å². The number of nitrogens with zero attached hydrogens (tertiary/aromatic N) is 1. The number of ether oxygens (including phenoxy) is 1. The van der Waals surface area contributed by atoms with Gasteiger partial charge < -0.3 is 10.1 Å². The van der Waals surface area contributed by atoms with E-state index in [1.165, 1.54) is 10.5 Å². The summed E-state index contributed by atoms with van der Waals surface area (Å²) in [5.74, 6) is 1.91. The van der Waals surface area contributed by atoms with Gasteiger partial charge in [-0.15, -0.1) is 11.8 Å². The monoisotopic (exact) mass is 302 g/mol. The maximum atomic E-state index is 5.53. The van der Waals surface area contributed by atoms with Gasteiger partial charge in [0.15, 0.2) is 0 Å². The number of benzene rings is 1. The highest BCUT2D eigenvalue weighted by Crippen LogP contribution is 2.26. The first-order chi connectivity index (χ1) is 10.3. The number of nitrogens with one attached hydrogen (secondary N) is 1. The minimum atomic E-state index is 0.124. The number of aromatic nitrogens is 1. The third kappa shape index (κ3) is 4.22. The van der Waals surface area contributed by atoms with Gasteiger partial charge in [0.25, 0.3) is 0 Å². The van der Waals surface area contributed by atoms with Crippen molar-refractivity contribution in [3.63, 3.8) is 0 Å².